The van der Waals surface area contributed by atoms with Gasteiger partial charge in [-0.3, -0.25) is 19.7 Å². The van der Waals surface area contributed by atoms with E-state index in [2.05, 4.69) is 5.32 Å². The summed E-state index contributed by atoms with van der Waals surface area (Å²) in [6, 6.07) is 10.5. The largest absolute Gasteiger partial charge is 0.496 e. The van der Waals surface area contributed by atoms with Crippen LogP contribution in [0.4, 0.5) is 11.4 Å². The number of carbonyl (C=O) groups excluding carboxylic acids is 3. The molecule has 0 saturated heterocycles. The number of methoxy groups -OCH3 is 1. The number of anilines is 1. The summed E-state index contributed by atoms with van der Waals surface area (Å²) >= 11 is 0. The number of nitrogens with zero attached hydrogens (tertiary/aromatic N) is 1. The van der Waals surface area contributed by atoms with E-state index in [0.717, 1.165) is 0 Å². The maximum absolute atomic E-state index is 12.1. The zero-order valence-corrected chi connectivity index (χ0v) is 17.1. The highest BCUT2D eigenvalue weighted by Gasteiger charge is 2.18. The lowest BCUT2D eigenvalue weighted by Crippen LogP contribution is -2.15. The molecule has 31 heavy (non-hydrogen) atoms. The molecule has 2 rings (SSSR count). The first-order valence-corrected chi connectivity index (χ1v) is 9.38. The summed E-state index contributed by atoms with van der Waals surface area (Å²) in [6.45, 7) is 1.88. The fourth-order valence-corrected chi connectivity index (χ4v) is 2.56. The number of nitro groups is 1. The first kappa shape index (κ1) is 23.3. The average Bonchev–Trinajstić information content (AvgIpc) is 2.76. The molecule has 10 nitrogen and oxygen atoms in total. The van der Waals surface area contributed by atoms with Crippen molar-refractivity contribution in [2.45, 2.75) is 26.4 Å². The van der Waals surface area contributed by atoms with Crippen molar-refractivity contribution in [3.05, 3.63) is 63.7 Å². The van der Waals surface area contributed by atoms with E-state index in [9.17, 15) is 24.5 Å². The monoisotopic (exact) mass is 430 g/mol. The molecule has 0 radical (unpaired) electrons. The van der Waals surface area contributed by atoms with Gasteiger partial charge in [-0.2, -0.15) is 0 Å². The molecule has 2 aromatic rings. The van der Waals surface area contributed by atoms with Crippen molar-refractivity contribution in [1.82, 2.24) is 0 Å². The number of nitrogens with one attached hydrogen (secondary N) is 1. The van der Waals surface area contributed by atoms with Gasteiger partial charge < -0.3 is 19.5 Å². The summed E-state index contributed by atoms with van der Waals surface area (Å²) in [5.41, 5.74) is 0.616. The molecule has 0 heterocycles. The topological polar surface area (TPSA) is 134 Å². The Morgan fingerprint density at radius 2 is 1.84 bits per heavy atom. The molecule has 0 aliphatic heterocycles. The van der Waals surface area contributed by atoms with Crippen LogP contribution < -0.4 is 10.1 Å². The Kier molecular flexibility index (Phi) is 8.50. The Bertz CT molecular complexity index is 974. The first-order chi connectivity index (χ1) is 14.8. The van der Waals surface area contributed by atoms with Gasteiger partial charge in [-0.05, 0) is 36.8 Å². The van der Waals surface area contributed by atoms with Crippen LogP contribution in [0, 0.1) is 10.1 Å². The van der Waals surface area contributed by atoms with Crippen LogP contribution in [0.15, 0.2) is 42.5 Å². The number of carbonyl (C=O) groups is 3. The molecule has 164 valence electrons. The van der Waals surface area contributed by atoms with Crippen LogP contribution >= 0.6 is 0 Å². The molecule has 0 aliphatic rings. The minimum absolute atomic E-state index is 0.0000485. The Balaban J connectivity index is 1.85. The molecule has 0 fully saturated rings. The van der Waals surface area contributed by atoms with Gasteiger partial charge in [0.15, 0.2) is 0 Å². The van der Waals surface area contributed by atoms with Gasteiger partial charge in [-0.1, -0.05) is 12.1 Å². The van der Waals surface area contributed by atoms with Gasteiger partial charge in [-0.15, -0.1) is 0 Å². The zero-order valence-electron chi connectivity index (χ0n) is 17.1. The van der Waals surface area contributed by atoms with E-state index in [4.69, 9.17) is 14.2 Å². The van der Waals surface area contributed by atoms with E-state index in [0.29, 0.717) is 11.1 Å². The Morgan fingerprint density at radius 3 is 2.52 bits per heavy atom. The molecule has 0 aliphatic carbocycles. The molecule has 0 atom stereocenters. The fraction of sp³-hybridized carbons (Fsp3) is 0.286. The Labute approximate surface area is 178 Å². The van der Waals surface area contributed by atoms with Crippen molar-refractivity contribution in [2.24, 2.45) is 0 Å². The van der Waals surface area contributed by atoms with Gasteiger partial charge in [0.25, 0.3) is 5.69 Å². The van der Waals surface area contributed by atoms with Crippen molar-refractivity contribution >= 4 is 29.2 Å². The smallest absolute Gasteiger partial charge is 0.338 e. The van der Waals surface area contributed by atoms with E-state index < -0.39 is 22.8 Å². The first-order valence-electron chi connectivity index (χ1n) is 9.38. The van der Waals surface area contributed by atoms with Crippen LogP contribution in [0.5, 0.6) is 5.75 Å². The summed E-state index contributed by atoms with van der Waals surface area (Å²) < 4.78 is 15.0. The van der Waals surface area contributed by atoms with E-state index in [1.165, 1.54) is 25.3 Å². The van der Waals surface area contributed by atoms with Crippen molar-refractivity contribution in [3.8, 4) is 5.75 Å². The molecular weight excluding hydrogens is 408 g/mol. The third-order valence-electron chi connectivity index (χ3n) is 4.07. The lowest BCUT2D eigenvalue weighted by atomic mass is 10.1. The summed E-state index contributed by atoms with van der Waals surface area (Å²) in [7, 11) is 1.37. The van der Waals surface area contributed by atoms with E-state index >= 15 is 0 Å². The highest BCUT2D eigenvalue weighted by Crippen LogP contribution is 2.29. The predicted molar refractivity (Wildman–Crippen MR) is 110 cm³/mol. The second-order valence-electron chi connectivity index (χ2n) is 6.27. The summed E-state index contributed by atoms with van der Waals surface area (Å²) in [5, 5.41) is 13.6. The van der Waals surface area contributed by atoms with Gasteiger partial charge in [0, 0.05) is 6.42 Å². The van der Waals surface area contributed by atoms with Crippen molar-refractivity contribution < 1.29 is 33.5 Å². The van der Waals surface area contributed by atoms with Crippen LogP contribution in [-0.2, 0) is 25.7 Å². The second kappa shape index (κ2) is 11.3. The van der Waals surface area contributed by atoms with E-state index in [1.54, 1.807) is 31.2 Å². The number of nitro benzene ring substituents is 1. The van der Waals surface area contributed by atoms with E-state index in [-0.39, 0.29) is 43.2 Å². The highest BCUT2D eigenvalue weighted by molar-refractivity contribution is 5.94. The number of hydrogen-bond donors (Lipinski definition) is 1. The minimum atomic E-state index is -0.642. The zero-order chi connectivity index (χ0) is 22.8. The van der Waals surface area contributed by atoms with Gasteiger partial charge in [-0.25, -0.2) is 4.79 Å². The van der Waals surface area contributed by atoms with Gasteiger partial charge >= 0.3 is 11.9 Å². The molecular formula is C21H22N2O8. The minimum Gasteiger partial charge on any atom is -0.496 e. The van der Waals surface area contributed by atoms with Crippen LogP contribution in [-0.4, -0.2) is 36.5 Å². The molecule has 0 bridgehead atoms. The molecule has 0 aromatic heterocycles. The molecule has 2 aromatic carbocycles. The van der Waals surface area contributed by atoms with E-state index in [1.807, 2.05) is 0 Å². The van der Waals surface area contributed by atoms with Crippen molar-refractivity contribution in [3.63, 3.8) is 0 Å². The number of ether oxygens (including phenoxy) is 3. The SMILES string of the molecule is CCOC(=O)c1cccc(COC(=O)CCC(=O)Nc2ccc(OC)cc2[N+](=O)[O-])c1. The second-order valence-corrected chi connectivity index (χ2v) is 6.27. The summed E-state index contributed by atoms with van der Waals surface area (Å²) in [6.07, 6.45) is -0.432. The number of amides is 1. The summed E-state index contributed by atoms with van der Waals surface area (Å²) in [5.74, 6) is -1.39. The van der Waals surface area contributed by atoms with Gasteiger partial charge in [0.05, 0.1) is 36.7 Å². The standard InChI is InChI=1S/C21H22N2O8/c1-3-30-21(26)15-6-4-5-14(11-15)13-31-20(25)10-9-19(24)22-17-8-7-16(29-2)12-18(17)23(27)28/h4-8,11-12H,3,9-10,13H2,1-2H3,(H,22,24). The fourth-order valence-electron chi connectivity index (χ4n) is 2.56. The molecule has 0 unspecified atom stereocenters. The molecule has 0 saturated carbocycles. The lowest BCUT2D eigenvalue weighted by Gasteiger charge is -2.08. The number of esters is 2. The third kappa shape index (κ3) is 7.11. The number of benzene rings is 2. The van der Waals surface area contributed by atoms with Crippen LogP contribution in [0.25, 0.3) is 0 Å². The van der Waals surface area contributed by atoms with Gasteiger partial charge in [0.2, 0.25) is 5.91 Å². The third-order valence-corrected chi connectivity index (χ3v) is 4.07. The quantitative estimate of drug-likeness (QED) is 0.345. The van der Waals surface area contributed by atoms with Crippen molar-refractivity contribution in [2.75, 3.05) is 19.0 Å². The maximum Gasteiger partial charge on any atom is 0.338 e. The normalized spacial score (nSPS) is 10.1. The molecule has 0 spiro atoms. The van der Waals surface area contributed by atoms with Crippen LogP contribution in [0.2, 0.25) is 0 Å². The number of hydrogen-bond acceptors (Lipinski definition) is 8. The molecule has 1 N–H and O–H groups in total. The molecule has 1 amide bonds. The van der Waals surface area contributed by atoms with Crippen LogP contribution in [0.1, 0.15) is 35.7 Å². The van der Waals surface area contributed by atoms with Crippen molar-refractivity contribution in [1.29, 1.82) is 0 Å². The highest BCUT2D eigenvalue weighted by atomic mass is 16.6. The number of rotatable bonds is 10. The Hall–Kier alpha value is -3.95. The lowest BCUT2D eigenvalue weighted by molar-refractivity contribution is -0.384. The van der Waals surface area contributed by atoms with Gasteiger partial charge in [0.1, 0.15) is 18.0 Å². The maximum atomic E-state index is 12.1. The van der Waals surface area contributed by atoms with Crippen LogP contribution in [0.3, 0.4) is 0 Å². The molecule has 10 heteroatoms. The average molecular weight is 430 g/mol. The Morgan fingerprint density at radius 1 is 1.06 bits per heavy atom. The predicted octanol–water partition coefficient (Wildman–Crippen LogP) is 3.24. The summed E-state index contributed by atoms with van der Waals surface area (Å²) in [4.78, 5) is 46.3.